The van der Waals surface area contributed by atoms with Gasteiger partial charge in [-0.25, -0.2) is 8.78 Å². The molecule has 1 atom stereocenters. The van der Waals surface area contributed by atoms with Crippen molar-refractivity contribution in [2.24, 2.45) is 7.05 Å². The van der Waals surface area contributed by atoms with E-state index in [-0.39, 0.29) is 14.9 Å². The Balaban J connectivity index is 1.76. The second-order valence-electron chi connectivity index (χ2n) is 8.48. The summed E-state index contributed by atoms with van der Waals surface area (Å²) in [5.74, 6) is 0. The summed E-state index contributed by atoms with van der Waals surface area (Å²) >= 11 is 11.0. The van der Waals surface area contributed by atoms with Crippen molar-refractivity contribution in [2.45, 2.75) is 38.0 Å². The smallest absolute Gasteiger partial charge is 0.260 e. The topological polar surface area (TPSA) is 50.6 Å². The number of nitrogens with zero attached hydrogens (tertiary/aromatic N) is 5. The molecule has 0 saturated carbocycles. The third kappa shape index (κ3) is 6.52. The summed E-state index contributed by atoms with van der Waals surface area (Å²) in [4.78, 5) is 4.90. The van der Waals surface area contributed by atoms with Gasteiger partial charge in [-0.3, -0.25) is 4.68 Å². The molecule has 1 aliphatic heterocycles. The highest BCUT2D eigenvalue weighted by Crippen LogP contribution is 2.37. The molecule has 1 unspecified atom stereocenters. The first-order valence-corrected chi connectivity index (χ1v) is 12.8. The van der Waals surface area contributed by atoms with Gasteiger partial charge in [-0.1, -0.05) is 23.2 Å². The second-order valence-corrected chi connectivity index (χ2v) is 10.6. The largest absolute Gasteiger partial charge is 0.588 e. The van der Waals surface area contributed by atoms with Crippen LogP contribution in [0.3, 0.4) is 0 Å². The van der Waals surface area contributed by atoms with Crippen LogP contribution in [0.5, 0.6) is 0 Å². The molecule has 184 valence electrons. The van der Waals surface area contributed by atoms with Crippen LogP contribution in [-0.2, 0) is 24.8 Å². The van der Waals surface area contributed by atoms with Gasteiger partial charge in [0.1, 0.15) is 33.6 Å². The van der Waals surface area contributed by atoms with E-state index in [1.54, 1.807) is 37.7 Å². The molecule has 1 saturated heterocycles. The fourth-order valence-electron chi connectivity index (χ4n) is 4.10. The number of hydrogen-bond donors (Lipinski definition) is 0. The highest BCUT2D eigenvalue weighted by Gasteiger charge is 2.34. The lowest BCUT2D eigenvalue weighted by molar-refractivity contribution is 0.153. The van der Waals surface area contributed by atoms with E-state index in [1.165, 1.54) is 0 Å². The minimum atomic E-state index is -2.70. The van der Waals surface area contributed by atoms with Crippen LogP contribution < -0.4 is 4.31 Å². The second kappa shape index (κ2) is 11.6. The number of aryl methyl sites for hydroxylation is 3. The molecular weight excluding hydrogens is 491 g/mol. The number of benzene rings is 1. The van der Waals surface area contributed by atoms with E-state index in [9.17, 15) is 13.3 Å². The van der Waals surface area contributed by atoms with Crippen LogP contribution in [0.25, 0.3) is 0 Å². The van der Waals surface area contributed by atoms with Gasteiger partial charge < -0.3 is 14.4 Å². The van der Waals surface area contributed by atoms with E-state index in [0.29, 0.717) is 17.1 Å². The van der Waals surface area contributed by atoms with Crippen LogP contribution in [0.4, 0.5) is 14.5 Å². The minimum Gasteiger partial charge on any atom is -0.588 e. The zero-order chi connectivity index (χ0) is 24.3. The number of anilines is 1. The molecule has 0 spiro atoms. The lowest BCUT2D eigenvalue weighted by Crippen LogP contribution is -2.44. The monoisotopic (exact) mass is 521 g/mol. The Morgan fingerprint density at radius 2 is 1.73 bits per heavy atom. The Kier molecular flexibility index (Phi) is 9.28. The van der Waals surface area contributed by atoms with Gasteiger partial charge in [0, 0.05) is 33.2 Å². The molecule has 0 amide bonds. The summed E-state index contributed by atoms with van der Waals surface area (Å²) in [5.41, 5.74) is 2.49. The third-order valence-corrected chi connectivity index (χ3v) is 8.33. The summed E-state index contributed by atoms with van der Waals surface area (Å²) in [5, 5.41) is 4.71. The van der Waals surface area contributed by atoms with Crippen molar-refractivity contribution in [1.82, 2.24) is 19.6 Å². The summed E-state index contributed by atoms with van der Waals surface area (Å²) in [6.45, 7) is 7.97. The molecule has 1 aromatic heterocycles. The fraction of sp³-hybridized carbons (Fsp3) is 0.591. The van der Waals surface area contributed by atoms with Gasteiger partial charge in [-0.2, -0.15) is 9.40 Å². The van der Waals surface area contributed by atoms with Crippen LogP contribution >= 0.6 is 23.2 Å². The average molecular weight is 522 g/mol. The van der Waals surface area contributed by atoms with Gasteiger partial charge in [-0.15, -0.1) is 0 Å². The number of halogens is 4. The predicted molar refractivity (Wildman–Crippen MR) is 131 cm³/mol. The number of likely N-dealkylation sites (N-methyl/N-ethyl adjacent to an activating group) is 1. The molecular formula is C22H31Cl2F2N5OS. The highest BCUT2D eigenvalue weighted by atomic mass is 35.5. The molecule has 1 fully saturated rings. The van der Waals surface area contributed by atoms with Crippen molar-refractivity contribution in [3.63, 3.8) is 0 Å². The molecule has 11 heteroatoms. The standard InChI is InChI=1S/C22H31Cl2F2N5OS/c1-15-21(16(2)29(4)27-15)31(14-20(25)26)33(32)22-18(23)12-17(13-19(22)24)6-5-7-30-10-8-28(3)9-11-30/h12-13,20H,5-11,14H2,1-4H3. The van der Waals surface area contributed by atoms with Crippen molar-refractivity contribution in [2.75, 3.05) is 50.6 Å². The molecule has 0 N–H and O–H groups in total. The highest BCUT2D eigenvalue weighted by molar-refractivity contribution is 7.93. The number of alkyl halides is 2. The molecule has 1 aromatic carbocycles. The summed E-state index contributed by atoms with van der Waals surface area (Å²) in [6.07, 6.45) is -0.968. The maximum absolute atomic E-state index is 13.5. The fourth-order valence-corrected chi connectivity index (χ4v) is 6.38. The first-order valence-electron chi connectivity index (χ1n) is 10.9. The Hall–Kier alpha value is -1.10. The molecule has 0 radical (unpaired) electrons. The van der Waals surface area contributed by atoms with E-state index in [4.69, 9.17) is 23.2 Å². The zero-order valence-corrected chi connectivity index (χ0v) is 21.8. The van der Waals surface area contributed by atoms with Gasteiger partial charge >= 0.3 is 0 Å². The Bertz CT molecular complexity index is 930. The van der Waals surface area contributed by atoms with Crippen LogP contribution in [0, 0.1) is 13.8 Å². The van der Waals surface area contributed by atoms with Crippen LogP contribution in [-0.4, -0.2) is 76.9 Å². The van der Waals surface area contributed by atoms with Crippen LogP contribution in [0.15, 0.2) is 17.0 Å². The van der Waals surface area contributed by atoms with Gasteiger partial charge in [0.05, 0.1) is 11.4 Å². The SMILES string of the molecule is Cc1nn(C)c(C)c1N(CC(F)F)[S+]([O-])c1c(Cl)cc(CCCN2CCN(C)CC2)cc1Cl. The molecule has 6 nitrogen and oxygen atoms in total. The zero-order valence-electron chi connectivity index (χ0n) is 19.5. The average Bonchev–Trinajstić information content (AvgIpc) is 2.98. The summed E-state index contributed by atoms with van der Waals surface area (Å²) in [7, 11) is 3.85. The van der Waals surface area contributed by atoms with Crippen molar-refractivity contribution >= 4 is 40.3 Å². The molecule has 2 heterocycles. The number of rotatable bonds is 9. The minimum absolute atomic E-state index is 0.143. The lowest BCUT2D eigenvalue weighted by atomic mass is 10.1. The summed E-state index contributed by atoms with van der Waals surface area (Å²) in [6, 6.07) is 3.49. The molecule has 33 heavy (non-hydrogen) atoms. The summed E-state index contributed by atoms with van der Waals surface area (Å²) < 4.78 is 43.0. The maximum atomic E-state index is 13.5. The van der Waals surface area contributed by atoms with Crippen LogP contribution in [0.1, 0.15) is 23.4 Å². The molecule has 2 aromatic rings. The van der Waals surface area contributed by atoms with E-state index < -0.39 is 24.3 Å². The van der Waals surface area contributed by atoms with E-state index >= 15 is 0 Å². The predicted octanol–water partition coefficient (Wildman–Crippen LogP) is 4.32. The van der Waals surface area contributed by atoms with E-state index in [0.717, 1.165) is 55.4 Å². The van der Waals surface area contributed by atoms with E-state index in [1.807, 2.05) is 0 Å². The molecule has 0 bridgehead atoms. The molecule has 3 rings (SSSR count). The molecule has 0 aliphatic carbocycles. The maximum Gasteiger partial charge on any atom is 0.260 e. The van der Waals surface area contributed by atoms with Crippen molar-refractivity contribution in [3.8, 4) is 0 Å². The van der Waals surface area contributed by atoms with Gasteiger partial charge in [0.15, 0.2) is 0 Å². The molecule has 1 aliphatic rings. The quantitative estimate of drug-likeness (QED) is 0.460. The first-order chi connectivity index (χ1) is 15.6. The normalized spacial score (nSPS) is 16.5. The number of piperazine rings is 1. The van der Waals surface area contributed by atoms with Crippen molar-refractivity contribution in [1.29, 1.82) is 0 Å². The third-order valence-electron chi connectivity index (χ3n) is 5.99. The first kappa shape index (κ1) is 26.5. The van der Waals surface area contributed by atoms with Crippen molar-refractivity contribution in [3.05, 3.63) is 39.1 Å². The van der Waals surface area contributed by atoms with E-state index in [2.05, 4.69) is 21.9 Å². The Morgan fingerprint density at radius 3 is 2.24 bits per heavy atom. The Morgan fingerprint density at radius 1 is 1.12 bits per heavy atom. The van der Waals surface area contributed by atoms with Gasteiger partial charge in [-0.05, 0) is 58.0 Å². The van der Waals surface area contributed by atoms with Crippen molar-refractivity contribution < 1.29 is 13.3 Å². The lowest BCUT2D eigenvalue weighted by Gasteiger charge is -2.32. The number of aromatic nitrogens is 2. The van der Waals surface area contributed by atoms with Gasteiger partial charge in [0.2, 0.25) is 4.90 Å². The number of hydrogen-bond acceptors (Lipinski definition) is 5. The Labute approximate surface area is 207 Å². The van der Waals surface area contributed by atoms with Gasteiger partial charge in [0.25, 0.3) is 6.43 Å². The van der Waals surface area contributed by atoms with Crippen LogP contribution in [0.2, 0.25) is 10.0 Å².